The Balaban J connectivity index is 1.74. The van der Waals surface area contributed by atoms with E-state index in [1.54, 1.807) is 20.8 Å². The van der Waals surface area contributed by atoms with Crippen LogP contribution >= 0.6 is 0 Å². The molecule has 31 heavy (non-hydrogen) atoms. The van der Waals surface area contributed by atoms with Crippen molar-refractivity contribution in [3.8, 4) is 0 Å². The second-order valence-corrected chi connectivity index (χ2v) is 9.53. The molecule has 0 radical (unpaired) electrons. The van der Waals surface area contributed by atoms with Gasteiger partial charge < -0.3 is 19.9 Å². The lowest BCUT2D eigenvalue weighted by molar-refractivity contribution is -0.132. The number of rotatable bonds is 5. The van der Waals surface area contributed by atoms with Crippen LogP contribution in [-0.2, 0) is 16.0 Å². The third kappa shape index (κ3) is 5.90. The largest absolute Gasteiger partial charge is 0.444 e. The number of carbonyl (C=O) groups is 2. The smallest absolute Gasteiger partial charge is 0.407 e. The molecule has 0 bridgehead atoms. The molecule has 1 aromatic carbocycles. The van der Waals surface area contributed by atoms with Crippen molar-refractivity contribution < 1.29 is 27.5 Å². The first-order valence-electron chi connectivity index (χ1n) is 10.5. The van der Waals surface area contributed by atoms with Crippen LogP contribution in [0.4, 0.5) is 18.0 Å². The summed E-state index contributed by atoms with van der Waals surface area (Å²) in [7, 11) is 2.01. The fourth-order valence-corrected chi connectivity index (χ4v) is 4.44. The molecule has 2 saturated heterocycles. The highest BCUT2D eigenvalue weighted by molar-refractivity contribution is 5.78. The van der Waals surface area contributed by atoms with Crippen LogP contribution in [0.15, 0.2) is 12.1 Å². The number of likely N-dealkylation sites (N-methyl/N-ethyl adjacent to an activating group) is 1. The van der Waals surface area contributed by atoms with Gasteiger partial charge in [0.25, 0.3) is 0 Å². The molecule has 6 nitrogen and oxygen atoms in total. The molecule has 172 valence electrons. The van der Waals surface area contributed by atoms with E-state index in [2.05, 4.69) is 10.2 Å². The summed E-state index contributed by atoms with van der Waals surface area (Å²) in [6.45, 7) is 7.46. The molecule has 2 aliphatic rings. The Morgan fingerprint density at radius 3 is 2.52 bits per heavy atom. The van der Waals surface area contributed by atoms with Gasteiger partial charge in [-0.05, 0) is 58.2 Å². The number of ether oxygens (including phenoxy) is 1. The predicted molar refractivity (Wildman–Crippen MR) is 109 cm³/mol. The third-order valence-corrected chi connectivity index (χ3v) is 5.75. The Morgan fingerprint density at radius 1 is 1.16 bits per heavy atom. The fourth-order valence-electron chi connectivity index (χ4n) is 4.44. The lowest BCUT2D eigenvalue weighted by Crippen LogP contribution is -2.46. The van der Waals surface area contributed by atoms with Gasteiger partial charge in [-0.15, -0.1) is 0 Å². The van der Waals surface area contributed by atoms with Crippen molar-refractivity contribution in [1.82, 2.24) is 15.1 Å². The van der Waals surface area contributed by atoms with E-state index >= 15 is 0 Å². The zero-order chi connectivity index (χ0) is 22.9. The predicted octanol–water partition coefficient (Wildman–Crippen LogP) is 3.09. The number of alkyl carbamates (subject to hydrolysis) is 1. The average Bonchev–Trinajstić information content (AvgIpc) is 3.16. The van der Waals surface area contributed by atoms with Crippen LogP contribution in [0.2, 0.25) is 0 Å². The Bertz CT molecular complexity index is 843. The van der Waals surface area contributed by atoms with Crippen molar-refractivity contribution in [3.05, 3.63) is 35.1 Å². The average molecular weight is 441 g/mol. The SMILES string of the molecule is CN1C[C@@H]2CCN(C(=O)C[C@@H](Cc3cc(F)c(F)cc3F)NC(=O)OC(C)(C)C)[C@@H]2C1. The Labute approximate surface area is 180 Å². The summed E-state index contributed by atoms with van der Waals surface area (Å²) >= 11 is 0. The maximum absolute atomic E-state index is 14.2. The van der Waals surface area contributed by atoms with Gasteiger partial charge in [-0.3, -0.25) is 4.79 Å². The molecule has 2 aliphatic heterocycles. The third-order valence-electron chi connectivity index (χ3n) is 5.75. The lowest BCUT2D eigenvalue weighted by Gasteiger charge is -2.28. The van der Waals surface area contributed by atoms with Crippen LogP contribution in [0.25, 0.3) is 0 Å². The molecule has 0 spiro atoms. The van der Waals surface area contributed by atoms with E-state index in [4.69, 9.17) is 4.74 Å². The van der Waals surface area contributed by atoms with Crippen LogP contribution < -0.4 is 5.32 Å². The number of fused-ring (bicyclic) bond motifs is 1. The maximum atomic E-state index is 14.2. The summed E-state index contributed by atoms with van der Waals surface area (Å²) in [6, 6.07) is 0.521. The van der Waals surface area contributed by atoms with Gasteiger partial charge >= 0.3 is 6.09 Å². The van der Waals surface area contributed by atoms with E-state index in [0.29, 0.717) is 18.5 Å². The summed E-state index contributed by atoms with van der Waals surface area (Å²) in [4.78, 5) is 29.4. The van der Waals surface area contributed by atoms with Crippen molar-refractivity contribution in [3.63, 3.8) is 0 Å². The number of nitrogens with one attached hydrogen (secondary N) is 1. The van der Waals surface area contributed by atoms with E-state index < -0.39 is 35.2 Å². The summed E-state index contributed by atoms with van der Waals surface area (Å²) in [5.74, 6) is -3.14. The number of halogens is 3. The number of carbonyl (C=O) groups excluding carboxylic acids is 2. The van der Waals surface area contributed by atoms with Gasteiger partial charge in [-0.25, -0.2) is 18.0 Å². The van der Waals surface area contributed by atoms with Gasteiger partial charge in [0.15, 0.2) is 11.6 Å². The minimum Gasteiger partial charge on any atom is -0.444 e. The standard InChI is InChI=1S/C22H30F3N3O3/c1-22(2,3)31-21(30)26-15(7-14-8-17(24)18(25)10-16(14)23)9-20(29)28-6-5-13-11-27(4)12-19(13)28/h8,10,13,15,19H,5-7,9,11-12H2,1-4H3,(H,26,30)/t13-,15+,19+/m0/s1. The molecule has 2 heterocycles. The molecule has 0 unspecified atom stereocenters. The van der Waals surface area contributed by atoms with Crippen molar-refractivity contribution in [1.29, 1.82) is 0 Å². The van der Waals surface area contributed by atoms with Crippen LogP contribution in [0, 0.1) is 23.4 Å². The first-order valence-corrected chi connectivity index (χ1v) is 10.5. The summed E-state index contributed by atoms with van der Waals surface area (Å²) < 4.78 is 46.4. The first-order chi connectivity index (χ1) is 14.4. The van der Waals surface area contributed by atoms with Crippen LogP contribution in [0.5, 0.6) is 0 Å². The van der Waals surface area contributed by atoms with Gasteiger partial charge in [0, 0.05) is 44.2 Å². The highest BCUT2D eigenvalue weighted by Gasteiger charge is 2.42. The second kappa shape index (κ2) is 9.06. The van der Waals surface area contributed by atoms with E-state index in [1.165, 1.54) is 0 Å². The molecule has 0 saturated carbocycles. The van der Waals surface area contributed by atoms with Crippen molar-refractivity contribution in [2.45, 2.75) is 57.7 Å². The van der Waals surface area contributed by atoms with Crippen LogP contribution in [-0.4, -0.2) is 66.2 Å². The number of hydrogen-bond acceptors (Lipinski definition) is 4. The topological polar surface area (TPSA) is 61.9 Å². The van der Waals surface area contributed by atoms with Crippen LogP contribution in [0.1, 0.15) is 39.2 Å². The van der Waals surface area contributed by atoms with Crippen molar-refractivity contribution in [2.24, 2.45) is 5.92 Å². The number of hydrogen-bond donors (Lipinski definition) is 1. The zero-order valence-electron chi connectivity index (χ0n) is 18.4. The molecule has 0 aromatic heterocycles. The number of amides is 2. The molecule has 9 heteroatoms. The first kappa shape index (κ1) is 23.4. The lowest BCUT2D eigenvalue weighted by atomic mass is 10.0. The summed E-state index contributed by atoms with van der Waals surface area (Å²) in [6.07, 6.45) is -0.100. The molecular weight excluding hydrogens is 411 g/mol. The van der Waals surface area contributed by atoms with Gasteiger partial charge in [0.2, 0.25) is 5.91 Å². The van der Waals surface area contributed by atoms with Gasteiger partial charge in [0.1, 0.15) is 11.4 Å². The van der Waals surface area contributed by atoms with Crippen molar-refractivity contribution in [2.75, 3.05) is 26.7 Å². The molecular formula is C22H30F3N3O3. The summed E-state index contributed by atoms with van der Waals surface area (Å²) in [5, 5.41) is 2.60. The maximum Gasteiger partial charge on any atom is 0.407 e. The van der Waals surface area contributed by atoms with Gasteiger partial charge in [-0.2, -0.15) is 0 Å². The van der Waals surface area contributed by atoms with Gasteiger partial charge in [0.05, 0.1) is 0 Å². The van der Waals surface area contributed by atoms with E-state index in [9.17, 15) is 22.8 Å². The Morgan fingerprint density at radius 2 is 1.84 bits per heavy atom. The highest BCUT2D eigenvalue weighted by Crippen LogP contribution is 2.31. The molecule has 3 atom stereocenters. The normalized spacial score (nSPS) is 22.4. The number of nitrogens with zero attached hydrogens (tertiary/aromatic N) is 2. The zero-order valence-corrected chi connectivity index (χ0v) is 18.4. The second-order valence-electron chi connectivity index (χ2n) is 9.53. The van der Waals surface area contributed by atoms with Gasteiger partial charge in [-0.1, -0.05) is 0 Å². The molecule has 2 amide bonds. The molecule has 1 N–H and O–H groups in total. The summed E-state index contributed by atoms with van der Waals surface area (Å²) in [5.41, 5.74) is -0.879. The number of benzene rings is 1. The molecule has 1 aromatic rings. The minimum absolute atomic E-state index is 0.0926. The Hall–Kier alpha value is -2.29. The minimum atomic E-state index is -1.29. The molecule has 2 fully saturated rings. The molecule has 0 aliphatic carbocycles. The fraction of sp³-hybridized carbons (Fsp3) is 0.636. The number of likely N-dealkylation sites (tertiary alicyclic amines) is 2. The molecule has 3 rings (SSSR count). The Kier molecular flexibility index (Phi) is 6.83. The highest BCUT2D eigenvalue weighted by atomic mass is 19.2. The van der Waals surface area contributed by atoms with E-state index in [0.717, 1.165) is 25.6 Å². The monoisotopic (exact) mass is 441 g/mol. The quantitative estimate of drug-likeness (QED) is 0.714. The van der Waals surface area contributed by atoms with Crippen LogP contribution in [0.3, 0.4) is 0 Å². The van der Waals surface area contributed by atoms with E-state index in [-0.39, 0.29) is 30.4 Å². The van der Waals surface area contributed by atoms with Crippen molar-refractivity contribution >= 4 is 12.0 Å². The van der Waals surface area contributed by atoms with E-state index in [1.807, 2.05) is 11.9 Å².